The molecular formula is C16H17N3O. The molecule has 0 radical (unpaired) electrons. The second-order valence-corrected chi connectivity index (χ2v) is 4.87. The van der Waals surface area contributed by atoms with Crippen molar-refractivity contribution in [1.82, 2.24) is 4.98 Å². The molecule has 102 valence electrons. The molecule has 0 aliphatic heterocycles. The maximum Gasteiger partial charge on any atom is 0.219 e. The van der Waals surface area contributed by atoms with Gasteiger partial charge in [0.05, 0.1) is 11.6 Å². The molecule has 0 saturated heterocycles. The van der Waals surface area contributed by atoms with Crippen molar-refractivity contribution in [2.45, 2.75) is 26.8 Å². The van der Waals surface area contributed by atoms with E-state index in [2.05, 4.69) is 11.1 Å². The summed E-state index contributed by atoms with van der Waals surface area (Å²) in [7, 11) is 0. The average Bonchev–Trinajstić information content (AvgIpc) is 2.43. The zero-order valence-electron chi connectivity index (χ0n) is 11.8. The van der Waals surface area contributed by atoms with Gasteiger partial charge in [-0.1, -0.05) is 6.07 Å². The van der Waals surface area contributed by atoms with Gasteiger partial charge < -0.3 is 10.5 Å². The van der Waals surface area contributed by atoms with Crippen LogP contribution in [0.25, 0.3) is 0 Å². The molecule has 2 N–H and O–H groups in total. The van der Waals surface area contributed by atoms with Crippen molar-refractivity contribution in [1.29, 1.82) is 5.26 Å². The second kappa shape index (κ2) is 5.72. The first kappa shape index (κ1) is 14.0. The minimum Gasteiger partial charge on any atom is -0.438 e. The molecule has 0 saturated carbocycles. The van der Waals surface area contributed by atoms with E-state index in [0.29, 0.717) is 11.4 Å². The Morgan fingerprint density at radius 3 is 2.35 bits per heavy atom. The Bertz CT molecular complexity index is 631. The van der Waals surface area contributed by atoms with Gasteiger partial charge in [-0.25, -0.2) is 4.98 Å². The van der Waals surface area contributed by atoms with Crippen molar-refractivity contribution >= 4 is 0 Å². The monoisotopic (exact) mass is 267 g/mol. The summed E-state index contributed by atoms with van der Waals surface area (Å²) in [5, 5.41) is 8.93. The number of nitriles is 1. The Labute approximate surface area is 118 Å². The largest absolute Gasteiger partial charge is 0.438 e. The molecule has 0 aliphatic rings. The van der Waals surface area contributed by atoms with Crippen LogP contribution in [0.15, 0.2) is 30.5 Å². The highest BCUT2D eigenvalue weighted by molar-refractivity contribution is 5.48. The molecule has 0 amide bonds. The molecule has 20 heavy (non-hydrogen) atoms. The first-order valence-corrected chi connectivity index (χ1v) is 6.42. The van der Waals surface area contributed by atoms with Crippen molar-refractivity contribution < 1.29 is 4.74 Å². The highest BCUT2D eigenvalue weighted by atomic mass is 16.5. The molecule has 2 rings (SSSR count). The summed E-state index contributed by atoms with van der Waals surface area (Å²) >= 11 is 0. The number of nitrogens with zero attached hydrogens (tertiary/aromatic N) is 2. The number of nitrogens with two attached hydrogens (primary N) is 1. The minimum atomic E-state index is -0.0464. The molecule has 0 bridgehead atoms. The lowest BCUT2D eigenvalue weighted by Crippen LogP contribution is -2.05. The smallest absolute Gasteiger partial charge is 0.219 e. The van der Waals surface area contributed by atoms with Gasteiger partial charge >= 0.3 is 0 Å². The number of benzene rings is 1. The Morgan fingerprint density at radius 2 is 1.90 bits per heavy atom. The SMILES string of the molecule is Cc1cc(C#N)cc(C)c1Oc1ccc([C@@H](C)N)cn1. The molecule has 2 aromatic rings. The molecule has 0 spiro atoms. The molecule has 1 atom stereocenters. The normalized spacial score (nSPS) is 11.8. The predicted molar refractivity (Wildman–Crippen MR) is 77.5 cm³/mol. The van der Waals surface area contributed by atoms with E-state index in [0.717, 1.165) is 22.4 Å². The van der Waals surface area contributed by atoms with Crippen LogP contribution >= 0.6 is 0 Å². The molecule has 0 unspecified atom stereocenters. The fraction of sp³-hybridized carbons (Fsp3) is 0.250. The van der Waals surface area contributed by atoms with Gasteiger partial charge in [0, 0.05) is 18.3 Å². The van der Waals surface area contributed by atoms with Gasteiger partial charge in [-0.3, -0.25) is 0 Å². The van der Waals surface area contributed by atoms with Crippen LogP contribution in [0.1, 0.15) is 35.2 Å². The van der Waals surface area contributed by atoms with E-state index in [-0.39, 0.29) is 6.04 Å². The molecular weight excluding hydrogens is 250 g/mol. The highest BCUT2D eigenvalue weighted by Gasteiger charge is 2.09. The molecule has 4 heteroatoms. The van der Waals surface area contributed by atoms with Gasteiger partial charge in [-0.15, -0.1) is 0 Å². The Kier molecular flexibility index (Phi) is 4.02. The number of ether oxygens (including phenoxy) is 1. The van der Waals surface area contributed by atoms with E-state index in [9.17, 15) is 0 Å². The topological polar surface area (TPSA) is 71.9 Å². The van der Waals surface area contributed by atoms with Crippen LogP contribution in [-0.2, 0) is 0 Å². The van der Waals surface area contributed by atoms with E-state index < -0.39 is 0 Å². The molecule has 0 aliphatic carbocycles. The van der Waals surface area contributed by atoms with Crippen LogP contribution < -0.4 is 10.5 Å². The van der Waals surface area contributed by atoms with Crippen LogP contribution in [0, 0.1) is 25.2 Å². The third-order valence-corrected chi connectivity index (χ3v) is 3.08. The van der Waals surface area contributed by atoms with Gasteiger partial charge in [0.25, 0.3) is 0 Å². The van der Waals surface area contributed by atoms with Gasteiger partial charge in [0.2, 0.25) is 5.88 Å². The van der Waals surface area contributed by atoms with Crippen molar-refractivity contribution in [3.05, 3.63) is 52.7 Å². The lowest BCUT2D eigenvalue weighted by atomic mass is 10.1. The van der Waals surface area contributed by atoms with E-state index >= 15 is 0 Å². The van der Waals surface area contributed by atoms with E-state index in [1.54, 1.807) is 24.4 Å². The van der Waals surface area contributed by atoms with Crippen LogP contribution in [0.3, 0.4) is 0 Å². The summed E-state index contributed by atoms with van der Waals surface area (Å²) in [6.45, 7) is 5.74. The van der Waals surface area contributed by atoms with Crippen LogP contribution in [0.5, 0.6) is 11.6 Å². The first-order valence-electron chi connectivity index (χ1n) is 6.42. The highest BCUT2D eigenvalue weighted by Crippen LogP contribution is 2.29. The van der Waals surface area contributed by atoms with Gasteiger partial charge in [-0.05, 0) is 49.6 Å². The fourth-order valence-electron chi connectivity index (χ4n) is 2.00. The second-order valence-electron chi connectivity index (χ2n) is 4.87. The minimum absolute atomic E-state index is 0.0464. The maximum atomic E-state index is 8.93. The van der Waals surface area contributed by atoms with Crippen LogP contribution in [0.4, 0.5) is 0 Å². The number of hydrogen-bond acceptors (Lipinski definition) is 4. The number of rotatable bonds is 3. The summed E-state index contributed by atoms with van der Waals surface area (Å²) in [6, 6.07) is 9.40. The van der Waals surface area contributed by atoms with Crippen LogP contribution in [-0.4, -0.2) is 4.98 Å². The zero-order chi connectivity index (χ0) is 14.7. The molecule has 1 aromatic heterocycles. The predicted octanol–water partition coefficient (Wildman–Crippen LogP) is 3.38. The molecule has 1 heterocycles. The number of aromatic nitrogens is 1. The van der Waals surface area contributed by atoms with E-state index in [1.807, 2.05) is 26.8 Å². The van der Waals surface area contributed by atoms with Crippen molar-refractivity contribution in [3.8, 4) is 17.7 Å². The number of aryl methyl sites for hydroxylation is 2. The van der Waals surface area contributed by atoms with Gasteiger partial charge in [0.15, 0.2) is 0 Å². The number of pyridine rings is 1. The third kappa shape index (κ3) is 2.95. The van der Waals surface area contributed by atoms with Crippen molar-refractivity contribution in [2.75, 3.05) is 0 Å². The lowest BCUT2D eigenvalue weighted by Gasteiger charge is -2.12. The third-order valence-electron chi connectivity index (χ3n) is 3.08. The summed E-state index contributed by atoms with van der Waals surface area (Å²) < 4.78 is 5.81. The molecule has 0 fully saturated rings. The van der Waals surface area contributed by atoms with Crippen LogP contribution in [0.2, 0.25) is 0 Å². The zero-order valence-corrected chi connectivity index (χ0v) is 11.8. The maximum absolute atomic E-state index is 8.93. The standard InChI is InChI=1S/C16H17N3O/c1-10-6-13(8-17)7-11(2)16(10)20-15-5-4-14(9-19-15)12(3)18/h4-7,9,12H,18H2,1-3H3/t12-/m1/s1. The lowest BCUT2D eigenvalue weighted by molar-refractivity contribution is 0.455. The fourth-order valence-corrected chi connectivity index (χ4v) is 2.00. The quantitative estimate of drug-likeness (QED) is 0.925. The summed E-state index contributed by atoms with van der Waals surface area (Å²) in [5.74, 6) is 1.26. The van der Waals surface area contributed by atoms with Gasteiger partial charge in [0.1, 0.15) is 5.75 Å². The molecule has 4 nitrogen and oxygen atoms in total. The van der Waals surface area contributed by atoms with E-state index in [4.69, 9.17) is 15.7 Å². The number of hydrogen-bond donors (Lipinski definition) is 1. The average molecular weight is 267 g/mol. The summed E-state index contributed by atoms with van der Waals surface area (Å²) in [5.41, 5.74) is 9.21. The Hall–Kier alpha value is -2.38. The van der Waals surface area contributed by atoms with Crippen molar-refractivity contribution in [3.63, 3.8) is 0 Å². The Morgan fingerprint density at radius 1 is 1.25 bits per heavy atom. The Balaban J connectivity index is 2.28. The van der Waals surface area contributed by atoms with E-state index in [1.165, 1.54) is 0 Å². The van der Waals surface area contributed by atoms with Crippen molar-refractivity contribution in [2.24, 2.45) is 5.73 Å². The first-order chi connectivity index (χ1) is 9.51. The van der Waals surface area contributed by atoms with Gasteiger partial charge in [-0.2, -0.15) is 5.26 Å². The summed E-state index contributed by atoms with van der Waals surface area (Å²) in [4.78, 5) is 4.25. The molecule has 1 aromatic carbocycles. The summed E-state index contributed by atoms with van der Waals surface area (Å²) in [6.07, 6.45) is 1.72.